The molecule has 0 amide bonds. The molecule has 0 saturated heterocycles. The van der Waals surface area contributed by atoms with Gasteiger partial charge >= 0.3 is 6.98 Å². The van der Waals surface area contributed by atoms with Crippen molar-refractivity contribution in [2.45, 2.75) is 13.3 Å². The van der Waals surface area contributed by atoms with Gasteiger partial charge < -0.3 is 17.6 Å². The molecule has 1 rings (SSSR count). The predicted molar refractivity (Wildman–Crippen MR) is 41.3 cm³/mol. The van der Waals surface area contributed by atoms with Gasteiger partial charge in [0.15, 0.2) is 0 Å². The maximum Gasteiger partial charge on any atom is 0.527 e. The highest BCUT2D eigenvalue weighted by Gasteiger charge is 2.29. The molecule has 0 aromatic carbocycles. The molecule has 68 valence electrons. The Morgan fingerprint density at radius 2 is 2.08 bits per heavy atom. The Morgan fingerprint density at radius 1 is 1.50 bits per heavy atom. The fourth-order valence-electron chi connectivity index (χ4n) is 1.02. The van der Waals surface area contributed by atoms with Crippen LogP contribution in [0.4, 0.5) is 12.9 Å². The molecular weight excluding hydrogens is 168 g/mol. The lowest BCUT2D eigenvalue weighted by atomic mass is 9.86. The summed E-state index contributed by atoms with van der Waals surface area (Å²) < 4.78 is 37.5. The van der Waals surface area contributed by atoms with Crippen molar-refractivity contribution < 1.29 is 12.9 Å². The molecule has 12 heavy (non-hydrogen) atoms. The van der Waals surface area contributed by atoms with Crippen LogP contribution in [-0.2, 0) is 13.5 Å². The topological polar surface area (TPSA) is 17.8 Å². The van der Waals surface area contributed by atoms with Crippen molar-refractivity contribution in [3.8, 4) is 0 Å². The smallest absolute Gasteiger partial charge is 0.444 e. The van der Waals surface area contributed by atoms with Gasteiger partial charge in [-0.3, -0.25) is 0 Å². The zero-order valence-corrected chi connectivity index (χ0v) is 6.89. The van der Waals surface area contributed by atoms with Crippen molar-refractivity contribution in [1.29, 1.82) is 0 Å². The quantitative estimate of drug-likeness (QED) is 0.617. The molecule has 1 aromatic rings. The van der Waals surface area contributed by atoms with E-state index in [0.717, 1.165) is 10.7 Å². The molecule has 2 nitrogen and oxygen atoms in total. The lowest BCUT2D eigenvalue weighted by Gasteiger charge is -2.13. The third-order valence-electron chi connectivity index (χ3n) is 1.66. The molecule has 0 aliphatic rings. The molecule has 0 aliphatic heterocycles. The second-order valence-electron chi connectivity index (χ2n) is 2.61. The fourth-order valence-corrected chi connectivity index (χ4v) is 1.02. The van der Waals surface area contributed by atoms with E-state index in [9.17, 15) is 12.9 Å². The van der Waals surface area contributed by atoms with Crippen LogP contribution in [-0.4, -0.2) is 16.8 Å². The van der Waals surface area contributed by atoms with E-state index in [0.29, 0.717) is 12.1 Å². The first-order valence-corrected chi connectivity index (χ1v) is 3.68. The van der Waals surface area contributed by atoms with Crippen molar-refractivity contribution >= 4 is 12.6 Å². The van der Waals surface area contributed by atoms with Gasteiger partial charge in [0.2, 0.25) is 0 Å². The second kappa shape index (κ2) is 2.84. The van der Waals surface area contributed by atoms with Crippen LogP contribution in [0.3, 0.4) is 0 Å². The van der Waals surface area contributed by atoms with E-state index < -0.39 is 12.6 Å². The minimum Gasteiger partial charge on any atom is -0.444 e. The highest BCUT2D eigenvalue weighted by atomic mass is 19.4. The maximum absolute atomic E-state index is 12.2. The number of hydrogen-bond acceptors (Lipinski definition) is 1. The number of aryl methyl sites for hydroxylation is 2. The average molecular weight is 177 g/mol. The van der Waals surface area contributed by atoms with Gasteiger partial charge in [0, 0.05) is 7.05 Å². The molecule has 0 N–H and O–H groups in total. The Labute approximate surface area is 68.4 Å². The SMILES string of the molecule is CCc1cc([B-](F)(F)F)n(C)n1. The van der Waals surface area contributed by atoms with Gasteiger partial charge in [0.1, 0.15) is 0 Å². The lowest BCUT2D eigenvalue weighted by Crippen LogP contribution is -2.39. The van der Waals surface area contributed by atoms with Crippen LogP contribution < -0.4 is 5.59 Å². The molecular formula is C6H9BF3N2-. The van der Waals surface area contributed by atoms with Gasteiger partial charge in [-0.1, -0.05) is 6.92 Å². The Hall–Kier alpha value is -0.935. The molecule has 1 heterocycles. The second-order valence-corrected chi connectivity index (χ2v) is 2.61. The average Bonchev–Trinajstić information content (AvgIpc) is 2.29. The van der Waals surface area contributed by atoms with E-state index in [-0.39, 0.29) is 0 Å². The van der Waals surface area contributed by atoms with Crippen LogP contribution in [0.25, 0.3) is 0 Å². The molecule has 6 heteroatoms. The molecule has 0 fully saturated rings. The van der Waals surface area contributed by atoms with Crippen LogP contribution >= 0.6 is 0 Å². The van der Waals surface area contributed by atoms with E-state index in [2.05, 4.69) is 5.10 Å². The first-order valence-electron chi connectivity index (χ1n) is 3.68. The number of hydrogen-bond donors (Lipinski definition) is 0. The van der Waals surface area contributed by atoms with Crippen LogP contribution in [0.5, 0.6) is 0 Å². The van der Waals surface area contributed by atoms with Crippen LogP contribution in [0.1, 0.15) is 12.6 Å². The fraction of sp³-hybridized carbons (Fsp3) is 0.500. The third kappa shape index (κ3) is 1.62. The standard InChI is InChI=1S/C6H9BF3N2/c1-3-5-4-6(7(8,9)10)12(2)11-5/h4H,3H2,1-2H3/q-1. The first-order chi connectivity index (χ1) is 5.45. The van der Waals surface area contributed by atoms with E-state index in [4.69, 9.17) is 0 Å². The van der Waals surface area contributed by atoms with E-state index in [1.165, 1.54) is 7.05 Å². The molecule has 0 unspecified atom stereocenters. The summed E-state index contributed by atoms with van der Waals surface area (Å²) in [6.07, 6.45) is 0.528. The van der Waals surface area contributed by atoms with Crippen molar-refractivity contribution in [2.24, 2.45) is 7.05 Å². The van der Waals surface area contributed by atoms with Crippen LogP contribution in [0.15, 0.2) is 6.07 Å². The number of nitrogens with zero attached hydrogens (tertiary/aromatic N) is 2. The summed E-state index contributed by atoms with van der Waals surface area (Å²) in [5.74, 6) is 0. The minimum atomic E-state index is -4.92. The predicted octanol–water partition coefficient (Wildman–Crippen LogP) is 1.04. The van der Waals surface area contributed by atoms with Gasteiger partial charge in [-0.15, -0.1) is 0 Å². The molecule has 1 aromatic heterocycles. The summed E-state index contributed by atoms with van der Waals surface area (Å²) in [6.45, 7) is -3.14. The maximum atomic E-state index is 12.2. The number of aromatic nitrogens is 2. The highest BCUT2D eigenvalue weighted by molar-refractivity contribution is 6.72. The largest absolute Gasteiger partial charge is 0.527 e. The molecule has 0 aliphatic carbocycles. The lowest BCUT2D eigenvalue weighted by molar-refractivity contribution is 0.493. The highest BCUT2D eigenvalue weighted by Crippen LogP contribution is 2.09. The Kier molecular flexibility index (Phi) is 2.17. The normalized spacial score (nSPS) is 12.1. The third-order valence-corrected chi connectivity index (χ3v) is 1.66. The Balaban J connectivity index is 3.08. The van der Waals surface area contributed by atoms with Crippen molar-refractivity contribution in [3.63, 3.8) is 0 Å². The van der Waals surface area contributed by atoms with Crippen LogP contribution in [0, 0.1) is 0 Å². The van der Waals surface area contributed by atoms with Crippen molar-refractivity contribution in [3.05, 3.63) is 11.8 Å². The summed E-state index contributed by atoms with van der Waals surface area (Å²) in [7, 11) is 1.31. The van der Waals surface area contributed by atoms with E-state index >= 15 is 0 Å². The van der Waals surface area contributed by atoms with Crippen molar-refractivity contribution in [2.75, 3.05) is 0 Å². The van der Waals surface area contributed by atoms with Crippen LogP contribution in [0.2, 0.25) is 0 Å². The molecule has 0 atom stereocenters. The summed E-state index contributed by atoms with van der Waals surface area (Å²) in [5, 5.41) is 3.71. The molecule has 0 radical (unpaired) electrons. The molecule has 0 spiro atoms. The molecule has 0 saturated carbocycles. The number of rotatable bonds is 2. The monoisotopic (exact) mass is 177 g/mol. The van der Waals surface area contributed by atoms with Crippen molar-refractivity contribution in [1.82, 2.24) is 9.78 Å². The minimum absolute atomic E-state index is 0.478. The van der Waals surface area contributed by atoms with Gasteiger partial charge in [-0.05, 0) is 18.1 Å². The Morgan fingerprint density at radius 3 is 2.33 bits per heavy atom. The summed E-state index contributed by atoms with van der Waals surface area (Å²) >= 11 is 0. The zero-order chi connectivity index (χ0) is 9.35. The van der Waals surface area contributed by atoms with Gasteiger partial charge in [0.25, 0.3) is 0 Å². The Bertz CT molecular complexity index is 279. The van der Waals surface area contributed by atoms with E-state index in [1.807, 2.05) is 0 Å². The number of halogens is 3. The summed E-state index contributed by atoms with van der Waals surface area (Å²) in [6, 6.07) is 1.10. The van der Waals surface area contributed by atoms with E-state index in [1.54, 1.807) is 6.92 Å². The molecule has 0 bridgehead atoms. The van der Waals surface area contributed by atoms with Gasteiger partial charge in [-0.25, -0.2) is 0 Å². The van der Waals surface area contributed by atoms with Gasteiger partial charge in [0.05, 0.1) is 5.69 Å². The van der Waals surface area contributed by atoms with Gasteiger partial charge in [-0.2, -0.15) is 5.10 Å². The zero-order valence-electron chi connectivity index (χ0n) is 6.89. The first kappa shape index (κ1) is 9.16. The summed E-state index contributed by atoms with van der Waals surface area (Å²) in [5.41, 5.74) is -0.154. The summed E-state index contributed by atoms with van der Waals surface area (Å²) in [4.78, 5) is 0.